The number of rotatable bonds is 2. The van der Waals surface area contributed by atoms with E-state index in [4.69, 9.17) is 0 Å². The van der Waals surface area contributed by atoms with E-state index in [-0.39, 0.29) is 0 Å². The summed E-state index contributed by atoms with van der Waals surface area (Å²) in [7, 11) is 0. The molecular weight excluding hydrogens is 162 g/mol. The van der Waals surface area contributed by atoms with Crippen molar-refractivity contribution in [2.45, 2.75) is 31.8 Å². The summed E-state index contributed by atoms with van der Waals surface area (Å²) in [6.45, 7) is 2.17. The number of pyridine rings is 1. The molecule has 1 aromatic rings. The van der Waals surface area contributed by atoms with Gasteiger partial charge in [-0.1, -0.05) is 13.0 Å². The van der Waals surface area contributed by atoms with Crippen LogP contribution in [0.25, 0.3) is 0 Å². The van der Waals surface area contributed by atoms with E-state index in [1.54, 1.807) is 6.20 Å². The van der Waals surface area contributed by atoms with Crippen LogP contribution in [0.2, 0.25) is 0 Å². The Morgan fingerprint density at radius 3 is 2.85 bits per heavy atom. The minimum atomic E-state index is -0.465. The normalized spacial score (nSPS) is 32.6. The van der Waals surface area contributed by atoms with Crippen molar-refractivity contribution in [1.29, 1.82) is 0 Å². The minimum Gasteiger partial charge on any atom is -0.389 e. The Morgan fingerprint density at radius 1 is 1.54 bits per heavy atom. The van der Waals surface area contributed by atoms with E-state index in [2.05, 4.69) is 11.9 Å². The molecule has 0 bridgehead atoms. The number of hydrogen-bond acceptors (Lipinski definition) is 2. The Bertz CT molecular complexity index is 277. The summed E-state index contributed by atoms with van der Waals surface area (Å²) in [4.78, 5) is 4.21. The van der Waals surface area contributed by atoms with Gasteiger partial charge in [0.1, 0.15) is 0 Å². The highest BCUT2D eigenvalue weighted by atomic mass is 16.3. The summed E-state index contributed by atoms with van der Waals surface area (Å²) in [5.74, 6) is 0.675. The first-order valence-electron chi connectivity index (χ1n) is 4.80. The fraction of sp³-hybridized carbons (Fsp3) is 0.545. The second-order valence-electron chi connectivity index (χ2n) is 4.24. The molecule has 13 heavy (non-hydrogen) atoms. The zero-order valence-electron chi connectivity index (χ0n) is 7.90. The molecule has 1 fully saturated rings. The largest absolute Gasteiger partial charge is 0.389 e. The summed E-state index contributed by atoms with van der Waals surface area (Å²) in [5.41, 5.74) is 0.533. The highest BCUT2D eigenvalue weighted by molar-refractivity contribution is 5.09. The summed E-state index contributed by atoms with van der Waals surface area (Å²) in [6, 6.07) is 5.84. The third-order valence-corrected chi connectivity index (χ3v) is 2.69. The lowest BCUT2D eigenvalue weighted by molar-refractivity contribution is -0.0672. The van der Waals surface area contributed by atoms with Gasteiger partial charge in [-0.05, 0) is 30.9 Å². The number of nitrogens with zero attached hydrogens (tertiary/aromatic N) is 1. The predicted octanol–water partition coefficient (Wildman–Crippen LogP) is 1.79. The van der Waals surface area contributed by atoms with Gasteiger partial charge in [0.25, 0.3) is 0 Å². The average molecular weight is 177 g/mol. The lowest BCUT2D eigenvalue weighted by Gasteiger charge is -2.41. The van der Waals surface area contributed by atoms with Crippen molar-refractivity contribution < 1.29 is 5.11 Å². The second-order valence-corrected chi connectivity index (χ2v) is 4.24. The van der Waals surface area contributed by atoms with Gasteiger partial charge in [-0.25, -0.2) is 0 Å². The summed E-state index contributed by atoms with van der Waals surface area (Å²) in [6.07, 6.45) is 4.33. The van der Waals surface area contributed by atoms with Gasteiger partial charge in [-0.15, -0.1) is 0 Å². The van der Waals surface area contributed by atoms with E-state index in [9.17, 15) is 5.11 Å². The van der Waals surface area contributed by atoms with Crippen LogP contribution in [-0.2, 0) is 6.42 Å². The number of hydrogen-bond donors (Lipinski definition) is 1. The van der Waals surface area contributed by atoms with Gasteiger partial charge in [0.2, 0.25) is 0 Å². The monoisotopic (exact) mass is 177 g/mol. The highest BCUT2D eigenvalue weighted by Gasteiger charge is 2.40. The molecule has 2 heteroatoms. The van der Waals surface area contributed by atoms with Crippen molar-refractivity contribution in [3.63, 3.8) is 0 Å². The molecular formula is C11H15NO. The zero-order chi connectivity index (χ0) is 9.31. The maximum atomic E-state index is 9.99. The van der Waals surface area contributed by atoms with Crippen LogP contribution in [-0.4, -0.2) is 15.7 Å². The van der Waals surface area contributed by atoms with Gasteiger partial charge in [-0.3, -0.25) is 4.98 Å². The fourth-order valence-corrected chi connectivity index (χ4v) is 2.22. The zero-order valence-corrected chi connectivity index (χ0v) is 7.90. The van der Waals surface area contributed by atoms with Gasteiger partial charge < -0.3 is 5.11 Å². The van der Waals surface area contributed by atoms with Crippen LogP contribution in [0.15, 0.2) is 24.4 Å². The first kappa shape index (κ1) is 8.70. The molecule has 1 aromatic heterocycles. The van der Waals surface area contributed by atoms with Gasteiger partial charge >= 0.3 is 0 Å². The average Bonchev–Trinajstić information content (AvgIpc) is 2.03. The molecule has 0 atom stereocenters. The Hall–Kier alpha value is -0.890. The Labute approximate surface area is 78.6 Å². The van der Waals surface area contributed by atoms with Crippen molar-refractivity contribution in [1.82, 2.24) is 4.98 Å². The predicted molar refractivity (Wildman–Crippen MR) is 51.3 cm³/mol. The van der Waals surface area contributed by atoms with Crippen LogP contribution in [0, 0.1) is 5.92 Å². The minimum absolute atomic E-state index is 0.465. The summed E-state index contributed by atoms with van der Waals surface area (Å²) < 4.78 is 0. The summed E-state index contributed by atoms with van der Waals surface area (Å²) >= 11 is 0. The fourth-order valence-electron chi connectivity index (χ4n) is 2.22. The van der Waals surface area contributed by atoms with Crippen LogP contribution >= 0.6 is 0 Å². The molecule has 2 rings (SSSR count). The molecule has 0 spiro atoms. The van der Waals surface area contributed by atoms with Crippen molar-refractivity contribution in [3.05, 3.63) is 30.1 Å². The van der Waals surface area contributed by atoms with Gasteiger partial charge in [-0.2, -0.15) is 0 Å². The molecule has 1 saturated carbocycles. The third-order valence-electron chi connectivity index (χ3n) is 2.69. The quantitative estimate of drug-likeness (QED) is 0.747. The van der Waals surface area contributed by atoms with Gasteiger partial charge in [0.05, 0.1) is 5.60 Å². The third kappa shape index (κ3) is 1.89. The maximum Gasteiger partial charge on any atom is 0.0708 e. The van der Waals surface area contributed by atoms with Gasteiger partial charge in [0, 0.05) is 18.3 Å². The molecule has 0 aromatic carbocycles. The molecule has 1 aliphatic carbocycles. The Morgan fingerprint density at radius 2 is 2.31 bits per heavy atom. The van der Waals surface area contributed by atoms with E-state index >= 15 is 0 Å². The van der Waals surface area contributed by atoms with Crippen molar-refractivity contribution in [3.8, 4) is 0 Å². The molecule has 0 amide bonds. The molecule has 70 valence electrons. The summed E-state index contributed by atoms with van der Waals surface area (Å²) in [5, 5.41) is 9.99. The van der Waals surface area contributed by atoms with Crippen molar-refractivity contribution in [2.75, 3.05) is 0 Å². The molecule has 1 N–H and O–H groups in total. The van der Waals surface area contributed by atoms with Crippen LogP contribution in [0.1, 0.15) is 25.5 Å². The molecule has 0 unspecified atom stereocenters. The van der Waals surface area contributed by atoms with Crippen LogP contribution in [0.5, 0.6) is 0 Å². The molecule has 2 nitrogen and oxygen atoms in total. The molecule has 0 aliphatic heterocycles. The van der Waals surface area contributed by atoms with Crippen molar-refractivity contribution >= 4 is 0 Å². The smallest absolute Gasteiger partial charge is 0.0708 e. The van der Waals surface area contributed by atoms with E-state index in [1.165, 1.54) is 0 Å². The van der Waals surface area contributed by atoms with E-state index < -0.39 is 5.60 Å². The first-order chi connectivity index (χ1) is 6.18. The lowest BCUT2D eigenvalue weighted by Crippen LogP contribution is -2.44. The van der Waals surface area contributed by atoms with Crippen LogP contribution in [0.4, 0.5) is 0 Å². The van der Waals surface area contributed by atoms with E-state index in [1.807, 2.05) is 18.2 Å². The van der Waals surface area contributed by atoms with E-state index in [0.717, 1.165) is 18.5 Å². The maximum absolute atomic E-state index is 9.99. The number of aromatic nitrogens is 1. The van der Waals surface area contributed by atoms with Crippen molar-refractivity contribution in [2.24, 2.45) is 5.92 Å². The SMILES string of the molecule is CC1CC(O)(Cc2ccccn2)C1. The van der Waals surface area contributed by atoms with Crippen LogP contribution in [0.3, 0.4) is 0 Å². The Kier molecular flexibility index (Phi) is 2.08. The second kappa shape index (κ2) is 3.11. The highest BCUT2D eigenvalue weighted by Crippen LogP contribution is 2.39. The van der Waals surface area contributed by atoms with Gasteiger partial charge in [0.15, 0.2) is 0 Å². The first-order valence-corrected chi connectivity index (χ1v) is 4.80. The standard InChI is InChI=1S/C11H15NO/c1-9-6-11(13,7-9)8-10-4-2-3-5-12-10/h2-5,9,13H,6-8H2,1H3. The lowest BCUT2D eigenvalue weighted by atomic mass is 9.70. The molecule has 0 radical (unpaired) electrons. The van der Waals surface area contributed by atoms with Crippen LogP contribution < -0.4 is 0 Å². The molecule has 1 aliphatic rings. The Balaban J connectivity index is 1.99. The van der Waals surface area contributed by atoms with E-state index in [0.29, 0.717) is 12.3 Å². The molecule has 0 saturated heterocycles. The number of aliphatic hydroxyl groups is 1. The molecule has 1 heterocycles. The topological polar surface area (TPSA) is 33.1 Å².